The van der Waals surface area contributed by atoms with Gasteiger partial charge in [-0.1, -0.05) is 48.0 Å². The van der Waals surface area contributed by atoms with Gasteiger partial charge in [-0.2, -0.15) is 5.10 Å². The number of benzene rings is 2. The largest absolute Gasteiger partial charge is 0.367 e. The van der Waals surface area contributed by atoms with Gasteiger partial charge >= 0.3 is 0 Å². The van der Waals surface area contributed by atoms with E-state index in [9.17, 15) is 4.79 Å². The minimum absolute atomic E-state index is 0.141. The molecule has 150 valence electrons. The number of para-hydroxylation sites is 1. The number of amides is 1. The highest BCUT2D eigenvalue weighted by Crippen LogP contribution is 2.31. The second-order valence-corrected chi connectivity index (χ2v) is 7.84. The molecule has 1 aliphatic heterocycles. The molecule has 3 aromatic rings. The van der Waals surface area contributed by atoms with Crippen LogP contribution in [-0.2, 0) is 11.3 Å². The van der Waals surface area contributed by atoms with Gasteiger partial charge in [0.15, 0.2) is 0 Å². The van der Waals surface area contributed by atoms with E-state index in [1.807, 2.05) is 24.8 Å². The third-order valence-corrected chi connectivity index (χ3v) is 5.63. The van der Waals surface area contributed by atoms with Gasteiger partial charge in [0.05, 0.1) is 5.69 Å². The first-order valence-electron chi connectivity index (χ1n) is 10.2. The summed E-state index contributed by atoms with van der Waals surface area (Å²) in [7, 11) is 0. The average Bonchev–Trinajstić information content (AvgIpc) is 3.05. The van der Waals surface area contributed by atoms with Crippen molar-refractivity contribution in [2.24, 2.45) is 0 Å². The Balaban J connectivity index is 1.44. The smallest absolute Gasteiger partial charge is 0.244 e. The van der Waals surface area contributed by atoms with Crippen molar-refractivity contribution in [3.8, 4) is 11.1 Å². The number of aryl methyl sites for hydroxylation is 3. The Hall–Kier alpha value is -3.08. The van der Waals surface area contributed by atoms with Crippen LogP contribution in [0.15, 0.2) is 54.6 Å². The quantitative estimate of drug-likeness (QED) is 0.682. The van der Waals surface area contributed by atoms with Crippen molar-refractivity contribution in [3.63, 3.8) is 0 Å². The van der Waals surface area contributed by atoms with Gasteiger partial charge in [-0.3, -0.25) is 9.48 Å². The lowest BCUT2D eigenvalue weighted by Crippen LogP contribution is -2.49. The maximum Gasteiger partial charge on any atom is 0.244 e. The number of anilines is 1. The fourth-order valence-corrected chi connectivity index (χ4v) is 3.99. The zero-order valence-electron chi connectivity index (χ0n) is 17.4. The minimum Gasteiger partial charge on any atom is -0.367 e. The summed E-state index contributed by atoms with van der Waals surface area (Å²) in [5.41, 5.74) is 6.96. The summed E-state index contributed by atoms with van der Waals surface area (Å²) in [5, 5.41) is 4.42. The second kappa shape index (κ2) is 8.11. The summed E-state index contributed by atoms with van der Waals surface area (Å²) in [6.07, 6.45) is 0. The van der Waals surface area contributed by atoms with Gasteiger partial charge in [0.1, 0.15) is 6.54 Å². The van der Waals surface area contributed by atoms with Gasteiger partial charge in [-0.15, -0.1) is 0 Å². The molecule has 0 spiro atoms. The predicted molar refractivity (Wildman–Crippen MR) is 117 cm³/mol. The Bertz CT molecular complexity index is 998. The van der Waals surface area contributed by atoms with Crippen molar-refractivity contribution < 1.29 is 4.79 Å². The molecule has 1 fully saturated rings. The molecule has 1 amide bonds. The van der Waals surface area contributed by atoms with Gasteiger partial charge < -0.3 is 9.80 Å². The van der Waals surface area contributed by atoms with Crippen LogP contribution in [0.1, 0.15) is 17.0 Å². The molecule has 2 heterocycles. The fraction of sp³-hybridized carbons (Fsp3) is 0.333. The zero-order chi connectivity index (χ0) is 20.4. The lowest BCUT2D eigenvalue weighted by atomic mass is 10.0. The Morgan fingerprint density at radius 3 is 2.28 bits per heavy atom. The molecular weight excluding hydrogens is 360 g/mol. The number of hydrogen-bond donors (Lipinski definition) is 0. The number of carbonyl (C=O) groups excluding carboxylic acids is 1. The molecule has 1 saturated heterocycles. The molecule has 1 aromatic heterocycles. The van der Waals surface area contributed by atoms with E-state index in [1.54, 1.807) is 4.68 Å². The molecule has 29 heavy (non-hydrogen) atoms. The van der Waals surface area contributed by atoms with Crippen LogP contribution in [0.25, 0.3) is 11.1 Å². The second-order valence-electron chi connectivity index (χ2n) is 7.84. The monoisotopic (exact) mass is 388 g/mol. The number of hydrogen-bond acceptors (Lipinski definition) is 3. The number of piperazine rings is 1. The van der Waals surface area contributed by atoms with Crippen molar-refractivity contribution in [3.05, 3.63) is 71.5 Å². The van der Waals surface area contributed by atoms with Crippen LogP contribution in [0.3, 0.4) is 0 Å². The molecule has 0 unspecified atom stereocenters. The van der Waals surface area contributed by atoms with E-state index in [-0.39, 0.29) is 5.91 Å². The van der Waals surface area contributed by atoms with Gasteiger partial charge in [-0.25, -0.2) is 0 Å². The van der Waals surface area contributed by atoms with E-state index in [2.05, 4.69) is 65.5 Å². The fourth-order valence-electron chi connectivity index (χ4n) is 3.99. The number of nitrogens with zero attached hydrogens (tertiary/aromatic N) is 4. The Kier molecular flexibility index (Phi) is 5.38. The third kappa shape index (κ3) is 4.19. The first-order chi connectivity index (χ1) is 14.0. The molecule has 0 radical (unpaired) electrons. The molecular formula is C24H28N4O. The molecule has 0 aliphatic carbocycles. The van der Waals surface area contributed by atoms with Crippen molar-refractivity contribution >= 4 is 11.6 Å². The highest BCUT2D eigenvalue weighted by Gasteiger charge is 2.23. The van der Waals surface area contributed by atoms with Crippen molar-refractivity contribution in [2.75, 3.05) is 31.1 Å². The standard InChI is InChI=1S/C24H28N4O/c1-18-8-10-21(11-9-18)22-6-4-5-7-23(22)26-12-14-27(15-13-26)24(29)17-28-20(3)16-19(2)25-28/h4-11,16H,12-15,17H2,1-3H3. The summed E-state index contributed by atoms with van der Waals surface area (Å²) in [6.45, 7) is 9.53. The number of rotatable bonds is 4. The van der Waals surface area contributed by atoms with Crippen LogP contribution in [0.2, 0.25) is 0 Å². The topological polar surface area (TPSA) is 41.4 Å². The van der Waals surface area contributed by atoms with Gasteiger partial charge in [-0.05, 0) is 38.5 Å². The van der Waals surface area contributed by atoms with Crippen LogP contribution in [0, 0.1) is 20.8 Å². The molecule has 1 aliphatic rings. The van der Waals surface area contributed by atoms with Crippen molar-refractivity contribution in [1.29, 1.82) is 0 Å². The van der Waals surface area contributed by atoms with Gasteiger partial charge in [0.25, 0.3) is 0 Å². The predicted octanol–water partition coefficient (Wildman–Crippen LogP) is 3.82. The van der Waals surface area contributed by atoms with E-state index in [0.29, 0.717) is 6.54 Å². The minimum atomic E-state index is 0.141. The van der Waals surface area contributed by atoms with Crippen LogP contribution in [0.4, 0.5) is 5.69 Å². The van der Waals surface area contributed by atoms with Crippen LogP contribution >= 0.6 is 0 Å². The van der Waals surface area contributed by atoms with E-state index >= 15 is 0 Å². The molecule has 0 atom stereocenters. The van der Waals surface area contributed by atoms with Crippen LogP contribution in [0.5, 0.6) is 0 Å². The molecule has 5 nitrogen and oxygen atoms in total. The Morgan fingerprint density at radius 1 is 0.931 bits per heavy atom. The molecule has 0 N–H and O–H groups in total. The lowest BCUT2D eigenvalue weighted by Gasteiger charge is -2.37. The normalized spacial score (nSPS) is 14.3. The van der Waals surface area contributed by atoms with Crippen LogP contribution in [-0.4, -0.2) is 46.8 Å². The lowest BCUT2D eigenvalue weighted by molar-refractivity contribution is -0.132. The summed E-state index contributed by atoms with van der Waals surface area (Å²) < 4.78 is 1.80. The van der Waals surface area contributed by atoms with Gasteiger partial charge in [0, 0.05) is 43.1 Å². The Labute approximate surface area is 172 Å². The van der Waals surface area contributed by atoms with E-state index < -0.39 is 0 Å². The molecule has 5 heteroatoms. The molecule has 2 aromatic carbocycles. The van der Waals surface area contributed by atoms with Gasteiger partial charge in [0.2, 0.25) is 5.91 Å². The molecule has 0 bridgehead atoms. The molecule has 0 saturated carbocycles. The maximum absolute atomic E-state index is 12.7. The summed E-state index contributed by atoms with van der Waals surface area (Å²) in [5.74, 6) is 0.141. The summed E-state index contributed by atoms with van der Waals surface area (Å²) >= 11 is 0. The highest BCUT2D eigenvalue weighted by molar-refractivity contribution is 5.80. The highest BCUT2D eigenvalue weighted by atomic mass is 16.2. The number of carbonyl (C=O) groups is 1. The first kappa shape index (κ1) is 19.2. The number of aromatic nitrogens is 2. The summed E-state index contributed by atoms with van der Waals surface area (Å²) in [6, 6.07) is 19.2. The maximum atomic E-state index is 12.7. The molecule has 4 rings (SSSR count). The summed E-state index contributed by atoms with van der Waals surface area (Å²) in [4.78, 5) is 17.1. The van der Waals surface area contributed by atoms with Crippen molar-refractivity contribution in [2.45, 2.75) is 27.3 Å². The average molecular weight is 389 g/mol. The van der Waals surface area contributed by atoms with E-state index in [4.69, 9.17) is 0 Å². The Morgan fingerprint density at radius 2 is 1.62 bits per heavy atom. The first-order valence-corrected chi connectivity index (χ1v) is 10.2. The third-order valence-electron chi connectivity index (χ3n) is 5.63. The van der Waals surface area contributed by atoms with E-state index in [1.165, 1.54) is 22.4 Å². The SMILES string of the molecule is Cc1ccc(-c2ccccc2N2CCN(C(=O)Cn3nc(C)cc3C)CC2)cc1. The van der Waals surface area contributed by atoms with Crippen LogP contribution < -0.4 is 4.90 Å². The van der Waals surface area contributed by atoms with Crippen molar-refractivity contribution in [1.82, 2.24) is 14.7 Å². The zero-order valence-corrected chi connectivity index (χ0v) is 17.4. The van der Waals surface area contributed by atoms with E-state index in [0.717, 1.165) is 37.6 Å².